The molecule has 19 heavy (non-hydrogen) atoms. The molecule has 0 aromatic heterocycles. The molecule has 0 radical (unpaired) electrons. The molecule has 1 N–H and O–H groups in total. The van der Waals surface area contributed by atoms with Gasteiger partial charge in [0, 0.05) is 11.1 Å². The maximum Gasteiger partial charge on any atom is 0.0408 e. The van der Waals surface area contributed by atoms with E-state index in [1.807, 2.05) is 12.1 Å². The van der Waals surface area contributed by atoms with E-state index in [1.54, 1.807) is 0 Å². The minimum Gasteiger partial charge on any atom is -0.314 e. The van der Waals surface area contributed by atoms with Gasteiger partial charge in [-0.15, -0.1) is 0 Å². The number of piperidine rings is 1. The number of halogens is 1. The Morgan fingerprint density at radius 2 is 2.11 bits per heavy atom. The van der Waals surface area contributed by atoms with E-state index in [1.165, 1.54) is 44.5 Å². The van der Waals surface area contributed by atoms with Crippen LogP contribution in [0.1, 0.15) is 31.7 Å². The van der Waals surface area contributed by atoms with E-state index in [-0.39, 0.29) is 0 Å². The van der Waals surface area contributed by atoms with Crippen LogP contribution >= 0.6 is 11.6 Å². The molecular weight excluding hydrogens is 256 g/mol. The minimum atomic E-state index is 0.701. The summed E-state index contributed by atoms with van der Waals surface area (Å²) in [6.45, 7) is 7.08. The van der Waals surface area contributed by atoms with Gasteiger partial charge in [-0.2, -0.15) is 0 Å². The van der Waals surface area contributed by atoms with Crippen LogP contribution in [0, 0.1) is 0 Å². The van der Waals surface area contributed by atoms with Crippen LogP contribution < -0.4 is 5.32 Å². The van der Waals surface area contributed by atoms with Crippen molar-refractivity contribution in [2.75, 3.05) is 26.2 Å². The van der Waals surface area contributed by atoms with Gasteiger partial charge < -0.3 is 10.2 Å². The van der Waals surface area contributed by atoms with Gasteiger partial charge in [0.2, 0.25) is 0 Å². The van der Waals surface area contributed by atoms with Crippen molar-refractivity contribution < 1.29 is 0 Å². The second kappa shape index (κ2) is 7.88. The van der Waals surface area contributed by atoms with Crippen LogP contribution in [-0.4, -0.2) is 37.1 Å². The second-order valence-electron chi connectivity index (χ2n) is 5.45. The maximum atomic E-state index is 5.99. The molecule has 0 atom stereocenters. The summed E-state index contributed by atoms with van der Waals surface area (Å²) in [6.07, 6.45) is 4.91. The number of nitrogens with zero attached hydrogens (tertiary/aromatic N) is 1. The topological polar surface area (TPSA) is 15.3 Å². The summed E-state index contributed by atoms with van der Waals surface area (Å²) >= 11 is 5.99. The highest BCUT2D eigenvalue weighted by Gasteiger charge is 2.17. The van der Waals surface area contributed by atoms with Crippen molar-refractivity contribution in [1.29, 1.82) is 0 Å². The molecule has 106 valence electrons. The predicted octanol–water partition coefficient (Wildman–Crippen LogP) is 3.35. The zero-order valence-corrected chi connectivity index (χ0v) is 12.6. The average molecular weight is 281 g/mol. The Kier molecular flexibility index (Phi) is 6.15. The van der Waals surface area contributed by atoms with E-state index in [4.69, 9.17) is 11.6 Å². The third-order valence-electron chi connectivity index (χ3n) is 3.86. The van der Waals surface area contributed by atoms with Crippen molar-refractivity contribution in [3.05, 3.63) is 34.9 Å². The monoisotopic (exact) mass is 280 g/mol. The Morgan fingerprint density at radius 3 is 2.79 bits per heavy atom. The normalized spacial score (nSPS) is 17.8. The van der Waals surface area contributed by atoms with Crippen LogP contribution in [-0.2, 0) is 6.42 Å². The fraction of sp³-hybridized carbons (Fsp3) is 0.625. The van der Waals surface area contributed by atoms with E-state index in [9.17, 15) is 0 Å². The summed E-state index contributed by atoms with van der Waals surface area (Å²) in [4.78, 5) is 2.58. The number of hydrogen-bond donors (Lipinski definition) is 1. The highest BCUT2D eigenvalue weighted by atomic mass is 35.5. The van der Waals surface area contributed by atoms with E-state index < -0.39 is 0 Å². The van der Waals surface area contributed by atoms with Crippen molar-refractivity contribution in [2.24, 2.45) is 0 Å². The molecule has 1 aromatic rings. The fourth-order valence-electron chi connectivity index (χ4n) is 2.79. The average Bonchev–Trinajstić information content (AvgIpc) is 2.41. The molecule has 1 aliphatic rings. The lowest BCUT2D eigenvalue weighted by molar-refractivity contribution is 0.198. The quantitative estimate of drug-likeness (QED) is 0.860. The molecule has 0 bridgehead atoms. The third kappa shape index (κ3) is 5.13. The Hall–Kier alpha value is -0.570. The maximum absolute atomic E-state index is 5.99. The Labute approximate surface area is 122 Å². The predicted molar refractivity (Wildman–Crippen MR) is 82.9 cm³/mol. The summed E-state index contributed by atoms with van der Waals surface area (Å²) < 4.78 is 0. The zero-order valence-electron chi connectivity index (χ0n) is 11.9. The first kappa shape index (κ1) is 14.8. The summed E-state index contributed by atoms with van der Waals surface area (Å²) in [5.41, 5.74) is 1.32. The van der Waals surface area contributed by atoms with Crippen LogP contribution in [0.2, 0.25) is 5.02 Å². The van der Waals surface area contributed by atoms with Crippen molar-refractivity contribution in [2.45, 2.75) is 38.6 Å². The molecule has 0 spiro atoms. The molecule has 1 aromatic carbocycles. The largest absolute Gasteiger partial charge is 0.314 e. The van der Waals surface area contributed by atoms with E-state index in [0.29, 0.717) is 6.04 Å². The van der Waals surface area contributed by atoms with Gasteiger partial charge in [-0.05, 0) is 69.6 Å². The number of likely N-dealkylation sites (tertiary alicyclic amines) is 1. The molecule has 3 heteroatoms. The highest BCUT2D eigenvalue weighted by Crippen LogP contribution is 2.12. The molecular formula is C16H25ClN2. The van der Waals surface area contributed by atoms with E-state index >= 15 is 0 Å². The molecule has 1 fully saturated rings. The molecule has 2 rings (SSSR count). The third-order valence-corrected chi connectivity index (χ3v) is 4.10. The van der Waals surface area contributed by atoms with Crippen molar-refractivity contribution >= 4 is 11.6 Å². The van der Waals surface area contributed by atoms with Gasteiger partial charge >= 0.3 is 0 Å². The van der Waals surface area contributed by atoms with Crippen LogP contribution in [0.15, 0.2) is 24.3 Å². The molecule has 2 nitrogen and oxygen atoms in total. The second-order valence-corrected chi connectivity index (χ2v) is 5.89. The fourth-order valence-corrected chi connectivity index (χ4v) is 3.00. The molecule has 1 heterocycles. The Morgan fingerprint density at radius 1 is 1.32 bits per heavy atom. The van der Waals surface area contributed by atoms with E-state index in [0.717, 1.165) is 18.0 Å². The number of hydrogen-bond acceptors (Lipinski definition) is 2. The van der Waals surface area contributed by atoms with Crippen LogP contribution in [0.4, 0.5) is 0 Å². The lowest BCUT2D eigenvalue weighted by Crippen LogP contribution is -2.43. The minimum absolute atomic E-state index is 0.701. The molecule has 0 saturated carbocycles. The van der Waals surface area contributed by atoms with Crippen LogP contribution in [0.5, 0.6) is 0 Å². The van der Waals surface area contributed by atoms with Crippen molar-refractivity contribution in [3.8, 4) is 0 Å². The molecule has 1 aliphatic heterocycles. The van der Waals surface area contributed by atoms with E-state index in [2.05, 4.69) is 29.3 Å². The summed E-state index contributed by atoms with van der Waals surface area (Å²) in [5.74, 6) is 0. The lowest BCUT2D eigenvalue weighted by atomic mass is 10.0. The molecule has 1 saturated heterocycles. The SMILES string of the molecule is CCCN1CCC(NCCc2cccc(Cl)c2)CC1. The van der Waals surface area contributed by atoms with Crippen LogP contribution in [0.3, 0.4) is 0 Å². The Balaban J connectivity index is 1.64. The van der Waals surface area contributed by atoms with Gasteiger partial charge in [0.25, 0.3) is 0 Å². The number of benzene rings is 1. The highest BCUT2D eigenvalue weighted by molar-refractivity contribution is 6.30. The van der Waals surface area contributed by atoms with Gasteiger partial charge in [-0.3, -0.25) is 0 Å². The Bertz CT molecular complexity index is 373. The van der Waals surface area contributed by atoms with Crippen molar-refractivity contribution in [1.82, 2.24) is 10.2 Å². The number of nitrogens with one attached hydrogen (secondary N) is 1. The molecule has 0 amide bonds. The van der Waals surface area contributed by atoms with Gasteiger partial charge in [0.1, 0.15) is 0 Å². The van der Waals surface area contributed by atoms with Gasteiger partial charge in [-0.1, -0.05) is 30.7 Å². The standard InChI is InChI=1S/C16H25ClN2/c1-2-10-19-11-7-16(8-12-19)18-9-6-14-4-3-5-15(17)13-14/h3-5,13,16,18H,2,6-12H2,1H3. The summed E-state index contributed by atoms with van der Waals surface area (Å²) in [7, 11) is 0. The van der Waals surface area contributed by atoms with Crippen LogP contribution in [0.25, 0.3) is 0 Å². The first-order valence-corrected chi connectivity index (χ1v) is 7.86. The summed E-state index contributed by atoms with van der Waals surface area (Å²) in [5, 5.41) is 4.52. The lowest BCUT2D eigenvalue weighted by Gasteiger charge is -2.32. The first-order chi connectivity index (χ1) is 9.28. The van der Waals surface area contributed by atoms with Gasteiger partial charge in [0.05, 0.1) is 0 Å². The van der Waals surface area contributed by atoms with Gasteiger partial charge in [0.15, 0.2) is 0 Å². The molecule has 0 aliphatic carbocycles. The number of rotatable bonds is 6. The summed E-state index contributed by atoms with van der Waals surface area (Å²) in [6, 6.07) is 8.88. The van der Waals surface area contributed by atoms with Crippen molar-refractivity contribution in [3.63, 3.8) is 0 Å². The smallest absolute Gasteiger partial charge is 0.0408 e. The molecule has 0 unspecified atom stereocenters. The first-order valence-electron chi connectivity index (χ1n) is 7.48. The van der Waals surface area contributed by atoms with Gasteiger partial charge in [-0.25, -0.2) is 0 Å². The zero-order chi connectivity index (χ0) is 13.5.